The topological polar surface area (TPSA) is 44.8 Å². The van der Waals surface area contributed by atoms with Crippen molar-refractivity contribution in [2.45, 2.75) is 25.9 Å². The number of nitrogens with one attached hydrogen (secondary N) is 1. The number of likely N-dealkylation sites (N-methyl/N-ethyl adjacent to an activating group) is 1. The molecule has 1 N–H and O–H groups in total. The van der Waals surface area contributed by atoms with Gasteiger partial charge < -0.3 is 19.9 Å². The smallest absolute Gasteiger partial charge is 0.253 e. The van der Waals surface area contributed by atoms with Gasteiger partial charge in [-0.05, 0) is 31.5 Å². The first kappa shape index (κ1) is 15.2. The normalized spacial score (nSPS) is 20.3. The van der Waals surface area contributed by atoms with Gasteiger partial charge in [-0.2, -0.15) is 0 Å². The maximum atomic E-state index is 12.0. The third-order valence-corrected chi connectivity index (χ3v) is 4.64. The number of carbonyl (C=O) groups is 1. The Morgan fingerprint density at radius 3 is 2.77 bits per heavy atom. The molecule has 0 radical (unpaired) electrons. The van der Waals surface area contributed by atoms with Crippen LogP contribution in [-0.4, -0.2) is 56.7 Å². The molecule has 22 heavy (non-hydrogen) atoms. The van der Waals surface area contributed by atoms with Gasteiger partial charge in [0.25, 0.3) is 5.91 Å². The summed E-state index contributed by atoms with van der Waals surface area (Å²) in [6.07, 6.45) is 2.42. The van der Waals surface area contributed by atoms with Gasteiger partial charge in [0, 0.05) is 39.3 Å². The molecule has 1 amide bonds. The first-order valence-corrected chi connectivity index (χ1v) is 8.19. The van der Waals surface area contributed by atoms with Crippen LogP contribution in [0, 0.1) is 0 Å². The first-order valence-electron chi connectivity index (χ1n) is 8.19. The lowest BCUT2D eigenvalue weighted by atomic mass is 10.1. The van der Waals surface area contributed by atoms with Crippen molar-refractivity contribution in [1.82, 2.24) is 10.2 Å². The standard InChI is InChI=1S/C17H25N3O2/c1-3-20-9-6-13(7-10-20)22-14-4-5-15-16(12-14)19(2)11-8-18-17(15)21/h4-5,12-13H,3,6-11H2,1-2H3,(H,18,21). The molecule has 5 nitrogen and oxygen atoms in total. The molecular weight excluding hydrogens is 278 g/mol. The van der Waals surface area contributed by atoms with Gasteiger partial charge in [-0.25, -0.2) is 0 Å². The number of anilines is 1. The molecule has 5 heteroatoms. The van der Waals surface area contributed by atoms with Crippen LogP contribution in [0.3, 0.4) is 0 Å². The largest absolute Gasteiger partial charge is 0.490 e. The van der Waals surface area contributed by atoms with Crippen LogP contribution in [0.25, 0.3) is 0 Å². The number of amides is 1. The van der Waals surface area contributed by atoms with E-state index in [1.807, 2.05) is 25.2 Å². The zero-order chi connectivity index (χ0) is 15.5. The number of piperidine rings is 1. The van der Waals surface area contributed by atoms with Gasteiger partial charge in [0.05, 0.1) is 11.3 Å². The second kappa shape index (κ2) is 6.57. The fraction of sp³-hybridized carbons (Fsp3) is 0.588. The van der Waals surface area contributed by atoms with Gasteiger partial charge in [0.2, 0.25) is 0 Å². The van der Waals surface area contributed by atoms with E-state index in [2.05, 4.69) is 22.0 Å². The molecular formula is C17H25N3O2. The van der Waals surface area contributed by atoms with E-state index < -0.39 is 0 Å². The Hall–Kier alpha value is -1.75. The molecule has 1 saturated heterocycles. The van der Waals surface area contributed by atoms with Crippen molar-refractivity contribution in [2.24, 2.45) is 0 Å². The summed E-state index contributed by atoms with van der Waals surface area (Å²) in [5, 5.41) is 2.92. The fourth-order valence-electron chi connectivity index (χ4n) is 3.18. The van der Waals surface area contributed by atoms with Crippen molar-refractivity contribution in [3.63, 3.8) is 0 Å². The average Bonchev–Trinajstić information content (AvgIpc) is 2.68. The summed E-state index contributed by atoms with van der Waals surface area (Å²) in [5.41, 5.74) is 1.69. The minimum Gasteiger partial charge on any atom is -0.490 e. The Morgan fingerprint density at radius 1 is 1.27 bits per heavy atom. The Labute approximate surface area is 132 Å². The van der Waals surface area contributed by atoms with Gasteiger partial charge in [-0.3, -0.25) is 4.79 Å². The monoisotopic (exact) mass is 303 g/mol. The predicted molar refractivity (Wildman–Crippen MR) is 87.8 cm³/mol. The third kappa shape index (κ3) is 3.19. The average molecular weight is 303 g/mol. The molecule has 2 aliphatic heterocycles. The molecule has 0 saturated carbocycles. The molecule has 120 valence electrons. The molecule has 1 aromatic rings. The van der Waals surface area contributed by atoms with Crippen LogP contribution in [-0.2, 0) is 0 Å². The van der Waals surface area contributed by atoms with Crippen molar-refractivity contribution in [3.8, 4) is 5.75 Å². The van der Waals surface area contributed by atoms with E-state index in [1.165, 1.54) is 0 Å². The second-order valence-electron chi connectivity index (χ2n) is 6.11. The molecule has 1 aromatic carbocycles. The molecule has 0 bridgehead atoms. The number of carbonyl (C=O) groups excluding carboxylic acids is 1. The number of fused-ring (bicyclic) bond motifs is 1. The Balaban J connectivity index is 1.72. The van der Waals surface area contributed by atoms with Crippen LogP contribution in [0.15, 0.2) is 18.2 Å². The Bertz CT molecular complexity index is 539. The molecule has 2 heterocycles. The summed E-state index contributed by atoms with van der Waals surface area (Å²) in [4.78, 5) is 16.6. The van der Waals surface area contributed by atoms with Gasteiger partial charge in [0.1, 0.15) is 11.9 Å². The van der Waals surface area contributed by atoms with E-state index in [-0.39, 0.29) is 12.0 Å². The van der Waals surface area contributed by atoms with Crippen LogP contribution >= 0.6 is 0 Å². The maximum Gasteiger partial charge on any atom is 0.253 e. The van der Waals surface area contributed by atoms with Crippen molar-refractivity contribution in [2.75, 3.05) is 44.7 Å². The minimum absolute atomic E-state index is 0.00199. The zero-order valence-corrected chi connectivity index (χ0v) is 13.5. The van der Waals surface area contributed by atoms with Gasteiger partial charge >= 0.3 is 0 Å². The summed E-state index contributed by atoms with van der Waals surface area (Å²) in [7, 11) is 2.02. The van der Waals surface area contributed by atoms with Crippen molar-refractivity contribution in [3.05, 3.63) is 23.8 Å². The van der Waals surface area contributed by atoms with Crippen molar-refractivity contribution in [1.29, 1.82) is 0 Å². The lowest BCUT2D eigenvalue weighted by Crippen LogP contribution is -2.38. The number of rotatable bonds is 3. The number of likely N-dealkylation sites (tertiary alicyclic amines) is 1. The molecule has 0 aliphatic carbocycles. The lowest BCUT2D eigenvalue weighted by Gasteiger charge is -2.31. The number of benzene rings is 1. The van der Waals surface area contributed by atoms with Crippen molar-refractivity contribution < 1.29 is 9.53 Å². The van der Waals surface area contributed by atoms with E-state index in [4.69, 9.17) is 4.74 Å². The number of nitrogens with zero attached hydrogens (tertiary/aromatic N) is 2. The number of ether oxygens (including phenoxy) is 1. The van der Waals surface area contributed by atoms with Gasteiger partial charge in [-0.1, -0.05) is 6.92 Å². The number of hydrogen-bond donors (Lipinski definition) is 1. The third-order valence-electron chi connectivity index (χ3n) is 4.64. The van der Waals surface area contributed by atoms with Gasteiger partial charge in [0.15, 0.2) is 0 Å². The van der Waals surface area contributed by atoms with E-state index in [0.29, 0.717) is 6.54 Å². The first-order chi connectivity index (χ1) is 10.7. The highest BCUT2D eigenvalue weighted by molar-refractivity contribution is 6.00. The summed E-state index contributed by atoms with van der Waals surface area (Å²) >= 11 is 0. The summed E-state index contributed by atoms with van der Waals surface area (Å²) in [6.45, 7) is 7.02. The lowest BCUT2D eigenvalue weighted by molar-refractivity contribution is 0.0957. The van der Waals surface area contributed by atoms with Crippen molar-refractivity contribution >= 4 is 11.6 Å². The molecule has 0 spiro atoms. The predicted octanol–water partition coefficient (Wildman–Crippen LogP) is 1.73. The summed E-state index contributed by atoms with van der Waals surface area (Å²) in [5.74, 6) is 0.873. The highest BCUT2D eigenvalue weighted by Gasteiger charge is 2.22. The van der Waals surface area contributed by atoms with Crippen LogP contribution in [0.5, 0.6) is 5.75 Å². The quantitative estimate of drug-likeness (QED) is 0.924. The highest BCUT2D eigenvalue weighted by Crippen LogP contribution is 2.28. The van der Waals surface area contributed by atoms with Crippen LogP contribution < -0.4 is 15.0 Å². The minimum atomic E-state index is 0.00199. The van der Waals surface area contributed by atoms with E-state index in [0.717, 1.165) is 56.0 Å². The van der Waals surface area contributed by atoms with Crippen LogP contribution in [0.4, 0.5) is 5.69 Å². The van der Waals surface area contributed by atoms with E-state index in [1.54, 1.807) is 0 Å². The summed E-state index contributed by atoms with van der Waals surface area (Å²) in [6, 6.07) is 5.80. The molecule has 0 unspecified atom stereocenters. The summed E-state index contributed by atoms with van der Waals surface area (Å²) < 4.78 is 6.15. The molecule has 0 atom stereocenters. The van der Waals surface area contributed by atoms with Gasteiger partial charge in [-0.15, -0.1) is 0 Å². The number of hydrogen-bond acceptors (Lipinski definition) is 4. The second-order valence-corrected chi connectivity index (χ2v) is 6.11. The molecule has 1 fully saturated rings. The molecule has 2 aliphatic rings. The SMILES string of the molecule is CCN1CCC(Oc2ccc3c(c2)N(C)CCNC3=O)CC1. The van der Waals surface area contributed by atoms with E-state index >= 15 is 0 Å². The van der Waals surface area contributed by atoms with Crippen LogP contribution in [0.2, 0.25) is 0 Å². The van der Waals surface area contributed by atoms with E-state index in [9.17, 15) is 4.79 Å². The Morgan fingerprint density at radius 2 is 2.05 bits per heavy atom. The molecule has 3 rings (SSSR count). The fourth-order valence-corrected chi connectivity index (χ4v) is 3.18. The Kier molecular flexibility index (Phi) is 4.52. The zero-order valence-electron chi connectivity index (χ0n) is 13.5. The molecule has 0 aromatic heterocycles. The maximum absolute atomic E-state index is 12.0. The highest BCUT2D eigenvalue weighted by atomic mass is 16.5. The van der Waals surface area contributed by atoms with Crippen LogP contribution in [0.1, 0.15) is 30.1 Å².